The van der Waals surface area contributed by atoms with Crippen LogP contribution >= 0.6 is 0 Å². The van der Waals surface area contributed by atoms with Crippen LogP contribution in [0.5, 0.6) is 5.75 Å². The number of anilines is 1. The maximum absolute atomic E-state index is 12.8. The van der Waals surface area contributed by atoms with Gasteiger partial charge in [-0.15, -0.1) is 0 Å². The second-order valence-electron chi connectivity index (χ2n) is 7.17. The Morgan fingerprint density at radius 1 is 1.00 bits per heavy atom. The molecule has 0 aliphatic carbocycles. The smallest absolute Gasteiger partial charge is 0.259 e. The fraction of sp³-hybridized carbons (Fsp3) is 0.391. The maximum Gasteiger partial charge on any atom is 0.259 e. The molecular weight excluding hydrogens is 382 g/mol. The lowest BCUT2D eigenvalue weighted by Crippen LogP contribution is -2.47. The van der Waals surface area contributed by atoms with E-state index in [2.05, 4.69) is 17.3 Å². The largest absolute Gasteiger partial charge is 0.490 e. The molecule has 1 N–H and O–H groups in total. The van der Waals surface area contributed by atoms with Gasteiger partial charge in [0.05, 0.1) is 12.2 Å². The van der Waals surface area contributed by atoms with Crippen molar-refractivity contribution in [2.45, 2.75) is 6.92 Å². The monoisotopic (exact) mass is 411 g/mol. The van der Waals surface area contributed by atoms with Gasteiger partial charge in [0.1, 0.15) is 12.4 Å². The number of benzene rings is 2. The molecule has 1 aliphatic rings. The first-order valence-corrected chi connectivity index (χ1v) is 10.3. The number of likely N-dealkylation sites (N-methyl/N-ethyl adjacent to an activating group) is 1. The second kappa shape index (κ2) is 10.8. The van der Waals surface area contributed by atoms with E-state index in [1.54, 1.807) is 42.5 Å². The van der Waals surface area contributed by atoms with Crippen LogP contribution in [-0.2, 0) is 4.74 Å². The summed E-state index contributed by atoms with van der Waals surface area (Å²) in [6.45, 7) is 6.51. The minimum atomic E-state index is -0.286. The molecule has 0 aromatic heterocycles. The van der Waals surface area contributed by atoms with E-state index in [1.807, 2.05) is 17.9 Å². The van der Waals surface area contributed by atoms with Gasteiger partial charge in [-0.1, -0.05) is 18.2 Å². The topological polar surface area (TPSA) is 71.1 Å². The van der Waals surface area contributed by atoms with Crippen LogP contribution in [0.25, 0.3) is 0 Å². The number of nitrogens with one attached hydrogen (secondary N) is 1. The Bertz CT molecular complexity index is 863. The normalized spacial score (nSPS) is 14.4. The minimum absolute atomic E-state index is 0.0149. The van der Waals surface area contributed by atoms with E-state index in [-0.39, 0.29) is 11.8 Å². The van der Waals surface area contributed by atoms with Crippen LogP contribution < -0.4 is 10.1 Å². The molecule has 7 heteroatoms. The molecule has 1 heterocycles. The Morgan fingerprint density at radius 2 is 1.77 bits per heavy atom. The Hall–Kier alpha value is -2.90. The van der Waals surface area contributed by atoms with Crippen LogP contribution in [0.15, 0.2) is 48.5 Å². The van der Waals surface area contributed by atoms with Crippen molar-refractivity contribution in [3.63, 3.8) is 0 Å². The molecule has 160 valence electrons. The first-order valence-electron chi connectivity index (χ1n) is 10.3. The van der Waals surface area contributed by atoms with Gasteiger partial charge in [0, 0.05) is 44.0 Å². The molecule has 1 aliphatic heterocycles. The molecule has 2 aromatic carbocycles. The highest BCUT2D eigenvalue weighted by molar-refractivity contribution is 6.06. The predicted molar refractivity (Wildman–Crippen MR) is 116 cm³/mol. The van der Waals surface area contributed by atoms with Crippen molar-refractivity contribution in [3.8, 4) is 5.75 Å². The summed E-state index contributed by atoms with van der Waals surface area (Å²) in [7, 11) is 2.05. The van der Waals surface area contributed by atoms with Crippen molar-refractivity contribution in [1.29, 1.82) is 0 Å². The van der Waals surface area contributed by atoms with E-state index in [0.29, 0.717) is 55.5 Å². The molecule has 7 nitrogen and oxygen atoms in total. The molecular formula is C23H29N3O4. The molecule has 1 fully saturated rings. The van der Waals surface area contributed by atoms with Crippen molar-refractivity contribution < 1.29 is 19.1 Å². The van der Waals surface area contributed by atoms with E-state index >= 15 is 0 Å². The molecule has 0 spiro atoms. The highest BCUT2D eigenvalue weighted by atomic mass is 16.5. The number of carbonyl (C=O) groups excluding carboxylic acids is 2. The summed E-state index contributed by atoms with van der Waals surface area (Å²) in [6.07, 6.45) is 0. The molecule has 30 heavy (non-hydrogen) atoms. The number of ether oxygens (including phenoxy) is 2. The summed E-state index contributed by atoms with van der Waals surface area (Å²) in [5, 5.41) is 2.88. The average molecular weight is 412 g/mol. The highest BCUT2D eigenvalue weighted by Gasteiger charge is 2.21. The van der Waals surface area contributed by atoms with Crippen LogP contribution in [-0.4, -0.2) is 74.7 Å². The van der Waals surface area contributed by atoms with Gasteiger partial charge in [-0.2, -0.15) is 0 Å². The molecule has 0 radical (unpaired) electrons. The zero-order valence-corrected chi connectivity index (χ0v) is 17.6. The lowest BCUT2D eigenvalue weighted by molar-refractivity contribution is 0.0664. The van der Waals surface area contributed by atoms with Gasteiger partial charge >= 0.3 is 0 Å². The van der Waals surface area contributed by atoms with Crippen LogP contribution in [0.1, 0.15) is 27.6 Å². The Balaban J connectivity index is 1.66. The van der Waals surface area contributed by atoms with Gasteiger partial charge in [-0.25, -0.2) is 0 Å². The van der Waals surface area contributed by atoms with Gasteiger partial charge < -0.3 is 24.6 Å². The fourth-order valence-corrected chi connectivity index (χ4v) is 3.26. The lowest BCUT2D eigenvalue weighted by Gasteiger charge is -2.32. The third-order valence-corrected chi connectivity index (χ3v) is 4.98. The molecule has 0 atom stereocenters. The van der Waals surface area contributed by atoms with Crippen LogP contribution in [0.4, 0.5) is 5.69 Å². The summed E-state index contributed by atoms with van der Waals surface area (Å²) in [5.41, 5.74) is 1.58. The summed E-state index contributed by atoms with van der Waals surface area (Å²) in [6, 6.07) is 14.1. The zero-order valence-electron chi connectivity index (χ0n) is 17.6. The quantitative estimate of drug-likeness (QED) is 0.677. The number of hydrogen-bond donors (Lipinski definition) is 1. The number of hydrogen-bond acceptors (Lipinski definition) is 5. The standard InChI is InChI=1S/C23H29N3O4/c1-3-29-15-16-30-21-10-5-4-9-20(21)22(27)24-19-8-6-7-18(17-19)23(28)26-13-11-25(2)12-14-26/h4-10,17H,3,11-16H2,1-2H3,(H,24,27). The molecule has 2 amide bonds. The minimum Gasteiger partial charge on any atom is -0.490 e. The first kappa shape index (κ1) is 21.8. The summed E-state index contributed by atoms with van der Waals surface area (Å²) >= 11 is 0. The first-order chi connectivity index (χ1) is 14.6. The predicted octanol–water partition coefficient (Wildman–Crippen LogP) is 2.74. The average Bonchev–Trinajstić information content (AvgIpc) is 2.77. The second-order valence-corrected chi connectivity index (χ2v) is 7.17. The van der Waals surface area contributed by atoms with Gasteiger partial charge in [0.15, 0.2) is 0 Å². The Morgan fingerprint density at radius 3 is 2.53 bits per heavy atom. The van der Waals surface area contributed by atoms with E-state index in [0.717, 1.165) is 13.1 Å². The number of carbonyl (C=O) groups is 2. The zero-order chi connectivity index (χ0) is 21.3. The van der Waals surface area contributed by atoms with E-state index in [1.165, 1.54) is 0 Å². The summed E-state index contributed by atoms with van der Waals surface area (Å²) in [5.74, 6) is 0.199. The van der Waals surface area contributed by atoms with Crippen molar-refractivity contribution in [2.75, 3.05) is 58.4 Å². The van der Waals surface area contributed by atoms with Gasteiger partial charge in [0.25, 0.3) is 11.8 Å². The van der Waals surface area contributed by atoms with Crippen LogP contribution in [0, 0.1) is 0 Å². The third-order valence-electron chi connectivity index (χ3n) is 4.98. The van der Waals surface area contributed by atoms with Crippen molar-refractivity contribution in [2.24, 2.45) is 0 Å². The number of piperazine rings is 1. The number of rotatable bonds is 8. The maximum atomic E-state index is 12.8. The van der Waals surface area contributed by atoms with Crippen molar-refractivity contribution in [3.05, 3.63) is 59.7 Å². The Kier molecular flexibility index (Phi) is 7.82. The highest BCUT2D eigenvalue weighted by Crippen LogP contribution is 2.21. The van der Waals surface area contributed by atoms with Crippen molar-refractivity contribution >= 4 is 17.5 Å². The number of para-hydroxylation sites is 1. The van der Waals surface area contributed by atoms with Crippen molar-refractivity contribution in [1.82, 2.24) is 9.80 Å². The van der Waals surface area contributed by atoms with Crippen LogP contribution in [0.2, 0.25) is 0 Å². The van der Waals surface area contributed by atoms with Crippen LogP contribution in [0.3, 0.4) is 0 Å². The Labute approximate surface area is 177 Å². The summed E-state index contributed by atoms with van der Waals surface area (Å²) < 4.78 is 11.0. The summed E-state index contributed by atoms with van der Waals surface area (Å²) in [4.78, 5) is 29.7. The molecule has 0 bridgehead atoms. The van der Waals surface area contributed by atoms with Gasteiger partial charge in [0.2, 0.25) is 0 Å². The molecule has 2 aromatic rings. The van der Waals surface area contributed by atoms with Gasteiger partial charge in [-0.3, -0.25) is 9.59 Å². The van der Waals surface area contributed by atoms with E-state index in [9.17, 15) is 9.59 Å². The molecule has 3 rings (SSSR count). The molecule has 0 saturated carbocycles. The number of nitrogens with zero attached hydrogens (tertiary/aromatic N) is 2. The van der Waals surface area contributed by atoms with E-state index < -0.39 is 0 Å². The fourth-order valence-electron chi connectivity index (χ4n) is 3.26. The molecule has 1 saturated heterocycles. The number of amides is 2. The van der Waals surface area contributed by atoms with Gasteiger partial charge in [-0.05, 0) is 44.3 Å². The van der Waals surface area contributed by atoms with E-state index in [4.69, 9.17) is 9.47 Å². The SMILES string of the molecule is CCOCCOc1ccccc1C(=O)Nc1cccc(C(=O)N2CCN(C)CC2)c1. The third kappa shape index (κ3) is 5.81. The molecule has 0 unspecified atom stereocenters. The lowest BCUT2D eigenvalue weighted by atomic mass is 10.1.